The van der Waals surface area contributed by atoms with Crippen LogP contribution in [0.5, 0.6) is 0 Å². The highest BCUT2D eigenvalue weighted by Crippen LogP contribution is 2.38. The Bertz CT molecular complexity index is 809. The van der Waals surface area contributed by atoms with Crippen molar-refractivity contribution in [2.45, 2.75) is 31.5 Å². The first kappa shape index (κ1) is 16.5. The molecule has 5 heteroatoms. The molecule has 2 aliphatic heterocycles. The highest BCUT2D eigenvalue weighted by Gasteiger charge is 2.58. The Balaban J connectivity index is 1.63. The number of carbonyl (C=O) groups excluding carboxylic acids is 3. The van der Waals surface area contributed by atoms with Crippen molar-refractivity contribution in [1.82, 2.24) is 4.90 Å². The number of ether oxygens (including phenoxy) is 1. The first-order valence-electron chi connectivity index (χ1n) is 8.73. The molecule has 0 aliphatic carbocycles. The minimum atomic E-state index is -0.830. The van der Waals surface area contributed by atoms with E-state index < -0.39 is 30.1 Å². The zero-order chi connectivity index (χ0) is 18.3. The monoisotopic (exact) mass is 349 g/mol. The van der Waals surface area contributed by atoms with Crippen LogP contribution in [0.2, 0.25) is 0 Å². The Morgan fingerprint density at radius 3 is 2.04 bits per heavy atom. The fraction of sp³-hybridized carbons (Fsp3) is 0.286. The SMILES string of the molecule is CC1C(=O)[C@@H]2CC(=O)N2C1C(=O)OC(c1ccccc1)c1ccccc1. The van der Waals surface area contributed by atoms with E-state index in [1.165, 1.54) is 4.90 Å². The summed E-state index contributed by atoms with van der Waals surface area (Å²) in [4.78, 5) is 38.5. The van der Waals surface area contributed by atoms with E-state index in [0.29, 0.717) is 0 Å². The molecule has 5 nitrogen and oxygen atoms in total. The number of ketones is 1. The van der Waals surface area contributed by atoms with E-state index in [0.717, 1.165) is 11.1 Å². The van der Waals surface area contributed by atoms with E-state index in [4.69, 9.17) is 4.74 Å². The van der Waals surface area contributed by atoms with E-state index >= 15 is 0 Å². The van der Waals surface area contributed by atoms with Crippen molar-refractivity contribution in [3.05, 3.63) is 71.8 Å². The summed E-state index contributed by atoms with van der Waals surface area (Å²) in [5.41, 5.74) is 1.69. The molecule has 3 atom stereocenters. The topological polar surface area (TPSA) is 63.7 Å². The molecule has 4 rings (SSSR count). The summed E-state index contributed by atoms with van der Waals surface area (Å²) in [5.74, 6) is -1.28. The van der Waals surface area contributed by atoms with E-state index in [-0.39, 0.29) is 18.1 Å². The Morgan fingerprint density at radius 1 is 1.00 bits per heavy atom. The summed E-state index contributed by atoms with van der Waals surface area (Å²) in [7, 11) is 0. The maximum atomic E-state index is 12.9. The number of β-lactam (4-membered cyclic amide) rings is 1. The van der Waals surface area contributed by atoms with E-state index in [2.05, 4.69) is 0 Å². The second-order valence-electron chi connectivity index (χ2n) is 6.80. The molecule has 2 aliphatic rings. The lowest BCUT2D eigenvalue weighted by molar-refractivity contribution is -0.164. The average molecular weight is 349 g/mol. The Kier molecular flexibility index (Phi) is 4.07. The van der Waals surface area contributed by atoms with Crippen LogP contribution in [0, 0.1) is 5.92 Å². The van der Waals surface area contributed by atoms with E-state index in [1.807, 2.05) is 60.7 Å². The molecule has 2 fully saturated rings. The molecule has 2 heterocycles. The summed E-state index contributed by atoms with van der Waals surface area (Å²) in [6.07, 6.45) is -0.379. The number of Topliss-reactive ketones (excluding diaryl/α,β-unsaturated/α-hetero) is 1. The molecule has 2 aromatic carbocycles. The Labute approximate surface area is 151 Å². The highest BCUT2D eigenvalue weighted by molar-refractivity contribution is 6.07. The number of hydrogen-bond donors (Lipinski definition) is 0. The Morgan fingerprint density at radius 2 is 1.54 bits per heavy atom. The standard InChI is InChI=1S/C21H19NO4/c1-13-18(22-16(19(13)24)12-17(22)23)21(25)26-20(14-8-4-2-5-9-14)15-10-6-3-7-11-15/h2-11,13,16,18,20H,12H2,1H3/t13?,16-,18?/m0/s1. The first-order valence-corrected chi connectivity index (χ1v) is 8.73. The van der Waals surface area contributed by atoms with Crippen LogP contribution in [0.4, 0.5) is 0 Å². The zero-order valence-electron chi connectivity index (χ0n) is 14.4. The van der Waals surface area contributed by atoms with Crippen LogP contribution in [0.25, 0.3) is 0 Å². The van der Waals surface area contributed by atoms with Gasteiger partial charge in [0.2, 0.25) is 5.91 Å². The van der Waals surface area contributed by atoms with Gasteiger partial charge in [0.05, 0.1) is 6.42 Å². The second-order valence-corrected chi connectivity index (χ2v) is 6.80. The summed E-state index contributed by atoms with van der Waals surface area (Å²) in [6.45, 7) is 1.69. The molecule has 0 bridgehead atoms. The predicted molar refractivity (Wildman–Crippen MR) is 94.0 cm³/mol. The number of esters is 1. The van der Waals surface area contributed by atoms with Gasteiger partial charge in [-0.3, -0.25) is 9.59 Å². The molecular weight excluding hydrogens is 330 g/mol. The quantitative estimate of drug-likeness (QED) is 0.628. The molecule has 0 radical (unpaired) electrons. The third-order valence-corrected chi connectivity index (χ3v) is 5.22. The smallest absolute Gasteiger partial charge is 0.330 e. The molecular formula is C21H19NO4. The van der Waals surface area contributed by atoms with Crippen LogP contribution in [-0.2, 0) is 19.1 Å². The molecule has 0 saturated carbocycles. The number of fused-ring (bicyclic) bond motifs is 1. The van der Waals surface area contributed by atoms with Crippen LogP contribution in [0.3, 0.4) is 0 Å². The maximum Gasteiger partial charge on any atom is 0.330 e. The number of benzene rings is 2. The number of amides is 1. The number of hydrogen-bond acceptors (Lipinski definition) is 4. The van der Waals surface area contributed by atoms with Crippen molar-refractivity contribution in [2.75, 3.05) is 0 Å². The van der Waals surface area contributed by atoms with Crippen LogP contribution in [0.15, 0.2) is 60.7 Å². The first-order chi connectivity index (χ1) is 12.6. The molecule has 0 spiro atoms. The largest absolute Gasteiger partial charge is 0.451 e. The lowest BCUT2D eigenvalue weighted by Gasteiger charge is -2.36. The minimum absolute atomic E-state index is 0.0532. The van der Waals surface area contributed by atoms with E-state index in [1.54, 1.807) is 6.92 Å². The van der Waals surface area contributed by atoms with Crippen LogP contribution >= 0.6 is 0 Å². The molecule has 132 valence electrons. The number of nitrogens with zero attached hydrogens (tertiary/aromatic N) is 1. The van der Waals surface area contributed by atoms with Crippen molar-refractivity contribution in [1.29, 1.82) is 0 Å². The van der Waals surface area contributed by atoms with Gasteiger partial charge in [-0.2, -0.15) is 0 Å². The molecule has 26 heavy (non-hydrogen) atoms. The van der Waals surface area contributed by atoms with Crippen molar-refractivity contribution >= 4 is 17.7 Å². The average Bonchev–Trinajstić information content (AvgIpc) is 2.88. The second kappa shape index (κ2) is 6.41. The van der Waals surface area contributed by atoms with Crippen molar-refractivity contribution < 1.29 is 19.1 Å². The van der Waals surface area contributed by atoms with Crippen LogP contribution in [-0.4, -0.2) is 34.6 Å². The molecule has 0 aromatic heterocycles. The normalized spacial score (nSPS) is 24.4. The fourth-order valence-electron chi connectivity index (χ4n) is 3.80. The molecule has 0 N–H and O–H groups in total. The van der Waals surface area contributed by atoms with Crippen molar-refractivity contribution in [2.24, 2.45) is 5.92 Å². The van der Waals surface area contributed by atoms with Gasteiger partial charge in [-0.1, -0.05) is 67.6 Å². The van der Waals surface area contributed by atoms with Crippen LogP contribution in [0.1, 0.15) is 30.6 Å². The van der Waals surface area contributed by atoms with Gasteiger partial charge in [-0.05, 0) is 11.1 Å². The maximum absolute atomic E-state index is 12.9. The molecule has 1 amide bonds. The van der Waals surface area contributed by atoms with Gasteiger partial charge in [0.1, 0.15) is 12.1 Å². The van der Waals surface area contributed by atoms with Crippen LogP contribution < -0.4 is 0 Å². The third-order valence-electron chi connectivity index (χ3n) is 5.22. The molecule has 2 unspecified atom stereocenters. The number of carbonyl (C=O) groups is 3. The van der Waals surface area contributed by atoms with Gasteiger partial charge in [-0.25, -0.2) is 4.79 Å². The summed E-state index contributed by atoms with van der Waals surface area (Å²) in [6, 6.07) is 17.6. The Hall–Kier alpha value is -2.95. The van der Waals surface area contributed by atoms with E-state index in [9.17, 15) is 14.4 Å². The zero-order valence-corrected chi connectivity index (χ0v) is 14.4. The van der Waals surface area contributed by atoms with Gasteiger partial charge in [0, 0.05) is 5.92 Å². The van der Waals surface area contributed by atoms with Gasteiger partial charge >= 0.3 is 5.97 Å². The molecule has 2 aromatic rings. The summed E-state index contributed by atoms with van der Waals surface area (Å²) >= 11 is 0. The highest BCUT2D eigenvalue weighted by atomic mass is 16.5. The van der Waals surface area contributed by atoms with Gasteiger partial charge in [0.25, 0.3) is 0 Å². The lowest BCUT2D eigenvalue weighted by atomic mass is 9.98. The third kappa shape index (κ3) is 2.60. The summed E-state index contributed by atoms with van der Waals surface area (Å²) in [5, 5.41) is 0. The van der Waals surface area contributed by atoms with Gasteiger partial charge in [-0.15, -0.1) is 0 Å². The fourth-order valence-corrected chi connectivity index (χ4v) is 3.80. The number of rotatable bonds is 4. The van der Waals surface area contributed by atoms with Gasteiger partial charge in [0.15, 0.2) is 11.9 Å². The molecule has 2 saturated heterocycles. The van der Waals surface area contributed by atoms with Crippen molar-refractivity contribution in [3.63, 3.8) is 0 Å². The lowest BCUT2D eigenvalue weighted by Crippen LogP contribution is -2.56. The van der Waals surface area contributed by atoms with Gasteiger partial charge < -0.3 is 9.64 Å². The van der Waals surface area contributed by atoms with Crippen molar-refractivity contribution in [3.8, 4) is 0 Å². The predicted octanol–water partition coefficient (Wildman–Crippen LogP) is 2.51. The minimum Gasteiger partial charge on any atom is -0.451 e. The summed E-state index contributed by atoms with van der Waals surface area (Å²) < 4.78 is 5.84.